The molecular formula is C29H27BrCl2N2O3. The minimum atomic E-state index is -1.04. The van der Waals surface area contributed by atoms with Gasteiger partial charge in [0.25, 0.3) is 0 Å². The highest BCUT2D eigenvalue weighted by molar-refractivity contribution is 9.10. The van der Waals surface area contributed by atoms with Crippen molar-refractivity contribution in [1.29, 1.82) is 0 Å². The molecule has 3 aromatic carbocycles. The number of carboxylic acids is 1. The molecule has 8 heteroatoms. The number of nitrogens with one attached hydrogen (secondary N) is 1. The lowest BCUT2D eigenvalue weighted by atomic mass is 9.60. The number of hydrogen-bond donors (Lipinski definition) is 2. The third-order valence-electron chi connectivity index (χ3n) is 7.38. The van der Waals surface area contributed by atoms with Crippen LogP contribution >= 0.6 is 39.1 Å². The number of ether oxygens (including phenoxy) is 1. The van der Waals surface area contributed by atoms with Crippen LogP contribution in [0.4, 0.5) is 5.69 Å². The van der Waals surface area contributed by atoms with Gasteiger partial charge in [0.1, 0.15) is 12.4 Å². The molecule has 2 heterocycles. The molecule has 0 unspecified atom stereocenters. The molecule has 0 saturated carbocycles. The van der Waals surface area contributed by atoms with Crippen molar-refractivity contribution in [3.8, 4) is 5.75 Å². The molecule has 3 aromatic rings. The number of aliphatic carboxylic acids is 1. The number of nitrogens with zero attached hydrogens (tertiary/aromatic N) is 1. The van der Waals surface area contributed by atoms with Crippen LogP contribution < -0.4 is 10.1 Å². The minimum absolute atomic E-state index is 0.0364. The Morgan fingerprint density at radius 3 is 2.70 bits per heavy atom. The number of hydrogen-bond acceptors (Lipinski definition) is 4. The van der Waals surface area contributed by atoms with Gasteiger partial charge >= 0.3 is 5.97 Å². The molecule has 2 N–H and O–H groups in total. The van der Waals surface area contributed by atoms with Gasteiger partial charge < -0.3 is 15.2 Å². The summed E-state index contributed by atoms with van der Waals surface area (Å²) in [4.78, 5) is 16.6. The summed E-state index contributed by atoms with van der Waals surface area (Å²) in [5, 5.41) is 14.7. The van der Waals surface area contributed by atoms with Crippen LogP contribution in [0.25, 0.3) is 0 Å². The smallest absolute Gasteiger partial charge is 0.312 e. The van der Waals surface area contributed by atoms with Gasteiger partial charge in [-0.2, -0.15) is 0 Å². The van der Waals surface area contributed by atoms with Gasteiger partial charge in [-0.15, -0.1) is 0 Å². The summed E-state index contributed by atoms with van der Waals surface area (Å²) >= 11 is 16.4. The first-order chi connectivity index (χ1) is 17.6. The van der Waals surface area contributed by atoms with Crippen molar-refractivity contribution in [3.63, 3.8) is 0 Å². The van der Waals surface area contributed by atoms with E-state index in [4.69, 9.17) is 32.9 Å². The summed E-state index contributed by atoms with van der Waals surface area (Å²) in [6.45, 7) is 4.13. The van der Waals surface area contributed by atoms with E-state index in [-0.39, 0.29) is 18.6 Å². The average Bonchev–Trinajstić information content (AvgIpc) is 3.21. The molecule has 37 heavy (non-hydrogen) atoms. The summed E-state index contributed by atoms with van der Waals surface area (Å²) in [6, 6.07) is 19.5. The first kappa shape index (κ1) is 26.2. The van der Waals surface area contributed by atoms with E-state index in [1.54, 1.807) is 13.8 Å². The van der Waals surface area contributed by atoms with E-state index in [1.165, 1.54) is 0 Å². The number of piperidine rings is 1. The highest BCUT2D eigenvalue weighted by Gasteiger charge is 2.53. The van der Waals surface area contributed by atoms with Crippen LogP contribution in [0.2, 0.25) is 10.0 Å². The zero-order chi connectivity index (χ0) is 26.4. The molecule has 3 atom stereocenters. The first-order valence-electron chi connectivity index (χ1n) is 12.1. The molecule has 0 amide bonds. The van der Waals surface area contributed by atoms with Crippen molar-refractivity contribution in [1.82, 2.24) is 5.32 Å². The monoisotopic (exact) mass is 600 g/mol. The van der Waals surface area contributed by atoms with E-state index < -0.39 is 16.8 Å². The molecule has 0 radical (unpaired) electrons. The fourth-order valence-electron chi connectivity index (χ4n) is 5.44. The minimum Gasteiger partial charge on any atom is -0.492 e. The topological polar surface area (TPSA) is 70.9 Å². The second kappa shape index (κ2) is 10.1. The van der Waals surface area contributed by atoms with E-state index >= 15 is 0 Å². The number of benzene rings is 3. The van der Waals surface area contributed by atoms with Crippen LogP contribution in [0.15, 0.2) is 70.1 Å². The maximum atomic E-state index is 11.7. The van der Waals surface area contributed by atoms with Gasteiger partial charge in [-0.3, -0.25) is 9.79 Å². The average molecular weight is 602 g/mol. The zero-order valence-electron chi connectivity index (χ0n) is 20.5. The number of aliphatic imine (C=N–C) groups is 1. The fourth-order valence-corrected chi connectivity index (χ4v) is 6.19. The number of rotatable bonds is 6. The highest BCUT2D eigenvalue weighted by Crippen LogP contribution is 2.57. The van der Waals surface area contributed by atoms with Crippen molar-refractivity contribution in [2.24, 2.45) is 10.4 Å². The third kappa shape index (κ3) is 4.81. The van der Waals surface area contributed by atoms with Crippen LogP contribution in [0.5, 0.6) is 5.75 Å². The predicted octanol–water partition coefficient (Wildman–Crippen LogP) is 7.72. The van der Waals surface area contributed by atoms with Crippen molar-refractivity contribution >= 4 is 57.0 Å². The number of halogens is 3. The molecule has 192 valence electrons. The van der Waals surface area contributed by atoms with E-state index in [0.717, 1.165) is 39.8 Å². The van der Waals surface area contributed by atoms with Gasteiger partial charge in [0.2, 0.25) is 0 Å². The van der Waals surface area contributed by atoms with Gasteiger partial charge in [0, 0.05) is 32.2 Å². The summed E-state index contributed by atoms with van der Waals surface area (Å²) < 4.78 is 7.12. The second-order valence-corrected chi connectivity index (χ2v) is 12.1. The lowest BCUT2D eigenvalue weighted by Gasteiger charge is -2.48. The molecule has 2 aliphatic rings. The standard InChI is InChI=1S/C29H27BrCl2N2O3/c1-28(2,27(35)36)16-37-25-9-6-18(30)13-21(25)26-29(15-34-24-14-20(32)7-8-23(24)29)22(10-11-33-26)17-4-3-5-19(31)12-17/h3-9,12-15,22,26,33H,10-11,16H2,1-2H3,(H,35,36)/t22-,26-,29-/m0/s1. The fraction of sp³-hybridized carbons (Fsp3) is 0.310. The molecular weight excluding hydrogens is 575 g/mol. The second-order valence-electron chi connectivity index (χ2n) is 10.3. The summed E-state index contributed by atoms with van der Waals surface area (Å²) in [5.41, 5.74) is 2.40. The van der Waals surface area contributed by atoms with E-state index in [9.17, 15) is 9.90 Å². The van der Waals surface area contributed by atoms with Crippen LogP contribution in [-0.4, -0.2) is 30.4 Å². The summed E-state index contributed by atoms with van der Waals surface area (Å²) in [5.74, 6) is -0.198. The van der Waals surface area contributed by atoms with Crippen LogP contribution in [0.1, 0.15) is 48.9 Å². The first-order valence-corrected chi connectivity index (χ1v) is 13.7. The number of carbonyl (C=O) groups is 1. The van der Waals surface area contributed by atoms with Gasteiger partial charge in [-0.05, 0) is 80.4 Å². The van der Waals surface area contributed by atoms with E-state index in [2.05, 4.69) is 33.4 Å². The van der Waals surface area contributed by atoms with E-state index in [1.807, 2.05) is 54.7 Å². The molecule has 5 rings (SSSR count). The van der Waals surface area contributed by atoms with Gasteiger partial charge in [-0.25, -0.2) is 0 Å². The van der Waals surface area contributed by atoms with Gasteiger partial charge in [0.15, 0.2) is 0 Å². The molecule has 0 aliphatic carbocycles. The maximum absolute atomic E-state index is 11.7. The Morgan fingerprint density at radius 2 is 1.95 bits per heavy atom. The van der Waals surface area contributed by atoms with Crippen molar-refractivity contribution < 1.29 is 14.6 Å². The molecule has 1 fully saturated rings. The van der Waals surface area contributed by atoms with Crippen molar-refractivity contribution in [2.75, 3.05) is 13.2 Å². The Hall–Kier alpha value is -2.38. The Labute approximate surface area is 235 Å². The van der Waals surface area contributed by atoms with Crippen LogP contribution in [-0.2, 0) is 10.2 Å². The van der Waals surface area contributed by atoms with Crippen LogP contribution in [0, 0.1) is 5.41 Å². The zero-order valence-corrected chi connectivity index (χ0v) is 23.6. The van der Waals surface area contributed by atoms with Gasteiger partial charge in [-0.1, -0.05) is 57.3 Å². The van der Waals surface area contributed by atoms with Crippen molar-refractivity contribution in [3.05, 3.63) is 91.9 Å². The summed E-state index contributed by atoms with van der Waals surface area (Å²) in [7, 11) is 0. The predicted molar refractivity (Wildman–Crippen MR) is 152 cm³/mol. The Morgan fingerprint density at radius 1 is 1.16 bits per heavy atom. The van der Waals surface area contributed by atoms with Gasteiger partial charge in [0.05, 0.1) is 22.6 Å². The molecule has 0 bridgehead atoms. The normalized spacial score (nSPS) is 22.7. The SMILES string of the molecule is CC(C)(COc1ccc(Br)cc1[C@@H]1NCC[C@@H](c2cccc(Cl)c2)[C@]12C=Nc1cc(Cl)ccc12)C(=O)O. The molecule has 1 saturated heterocycles. The van der Waals surface area contributed by atoms with Crippen LogP contribution in [0.3, 0.4) is 0 Å². The quantitative estimate of drug-likeness (QED) is 0.303. The lowest BCUT2D eigenvalue weighted by Crippen LogP contribution is -2.51. The van der Waals surface area contributed by atoms with Crippen molar-refractivity contribution in [2.45, 2.75) is 37.6 Å². The molecule has 1 spiro atoms. The highest BCUT2D eigenvalue weighted by atomic mass is 79.9. The Bertz CT molecular complexity index is 1390. The number of fused-ring (bicyclic) bond motifs is 2. The summed E-state index contributed by atoms with van der Waals surface area (Å²) in [6.07, 6.45) is 2.92. The third-order valence-corrected chi connectivity index (χ3v) is 8.34. The maximum Gasteiger partial charge on any atom is 0.312 e. The number of carboxylic acid groups (broad SMARTS) is 1. The largest absolute Gasteiger partial charge is 0.492 e. The lowest BCUT2D eigenvalue weighted by molar-refractivity contribution is -0.148. The Kier molecular flexibility index (Phi) is 7.14. The molecule has 0 aromatic heterocycles. The molecule has 5 nitrogen and oxygen atoms in total. The van der Waals surface area contributed by atoms with E-state index in [0.29, 0.717) is 15.8 Å². The Balaban J connectivity index is 1.67. The molecule has 2 aliphatic heterocycles.